The zero-order chi connectivity index (χ0) is 20.6. The number of nitrogens with zero attached hydrogens (tertiary/aromatic N) is 2. The number of rotatable bonds is 4. The molecule has 29 heavy (non-hydrogen) atoms. The maximum atomic E-state index is 14.7. The van der Waals surface area contributed by atoms with Crippen molar-refractivity contribution in [2.45, 2.75) is 44.8 Å². The fourth-order valence-corrected chi connectivity index (χ4v) is 4.28. The van der Waals surface area contributed by atoms with Crippen molar-refractivity contribution in [2.75, 3.05) is 4.90 Å². The number of amides is 2. The van der Waals surface area contributed by atoms with Gasteiger partial charge in [0.05, 0.1) is 11.7 Å². The van der Waals surface area contributed by atoms with Crippen LogP contribution in [0.15, 0.2) is 54.9 Å². The first-order chi connectivity index (χ1) is 14.0. The summed E-state index contributed by atoms with van der Waals surface area (Å²) in [6, 6.07) is 11.4. The van der Waals surface area contributed by atoms with Crippen molar-refractivity contribution in [3.8, 4) is 5.75 Å². The number of fused-ring (bicyclic) bond motifs is 2. The van der Waals surface area contributed by atoms with E-state index in [4.69, 9.17) is 10.5 Å². The van der Waals surface area contributed by atoms with Crippen molar-refractivity contribution in [3.63, 3.8) is 0 Å². The second kappa shape index (κ2) is 7.35. The van der Waals surface area contributed by atoms with Crippen LogP contribution in [0.1, 0.15) is 44.7 Å². The molecule has 0 aliphatic carbocycles. The van der Waals surface area contributed by atoms with Crippen LogP contribution in [0.2, 0.25) is 0 Å². The summed E-state index contributed by atoms with van der Waals surface area (Å²) >= 11 is 0. The second-order valence-corrected chi connectivity index (χ2v) is 7.45. The number of benzene rings is 2. The Morgan fingerprint density at radius 3 is 2.72 bits per heavy atom. The number of carbonyl (C=O) groups excluding carboxylic acids is 1. The lowest BCUT2D eigenvalue weighted by atomic mass is 9.82. The third kappa shape index (κ3) is 3.18. The number of primary amides is 1. The number of urea groups is 1. The van der Waals surface area contributed by atoms with E-state index in [-0.39, 0.29) is 5.75 Å². The van der Waals surface area contributed by atoms with E-state index in [0.29, 0.717) is 30.5 Å². The predicted octanol–water partition coefficient (Wildman–Crippen LogP) is 5.34. The Morgan fingerprint density at radius 2 is 2.00 bits per heavy atom. The van der Waals surface area contributed by atoms with Crippen LogP contribution in [-0.4, -0.2) is 16.6 Å². The number of halogens is 1. The number of aromatic nitrogens is 1. The van der Waals surface area contributed by atoms with Crippen molar-refractivity contribution in [1.29, 1.82) is 0 Å². The zero-order valence-corrected chi connectivity index (χ0v) is 16.6. The van der Waals surface area contributed by atoms with Gasteiger partial charge >= 0.3 is 6.03 Å². The monoisotopic (exact) mass is 393 g/mol. The van der Waals surface area contributed by atoms with Crippen LogP contribution >= 0.6 is 0 Å². The number of hydrogen-bond donors (Lipinski definition) is 1. The van der Waals surface area contributed by atoms with E-state index in [9.17, 15) is 9.18 Å². The molecule has 0 fully saturated rings. The number of carbonyl (C=O) groups is 1. The van der Waals surface area contributed by atoms with Crippen molar-refractivity contribution in [1.82, 2.24) is 4.98 Å². The van der Waals surface area contributed by atoms with Gasteiger partial charge in [-0.25, -0.2) is 9.18 Å². The molecule has 1 aliphatic heterocycles. The molecular formula is C23H24FN3O2. The minimum Gasteiger partial charge on any atom is -0.484 e. The van der Waals surface area contributed by atoms with Crippen LogP contribution < -0.4 is 15.4 Å². The molecule has 4 rings (SSSR count). The van der Waals surface area contributed by atoms with Crippen LogP contribution in [0.5, 0.6) is 5.75 Å². The Morgan fingerprint density at radius 1 is 1.24 bits per heavy atom. The van der Waals surface area contributed by atoms with Crippen molar-refractivity contribution in [2.24, 2.45) is 5.73 Å². The minimum atomic E-state index is -0.593. The first-order valence-electron chi connectivity index (χ1n) is 9.88. The summed E-state index contributed by atoms with van der Waals surface area (Å²) in [7, 11) is 0. The highest BCUT2D eigenvalue weighted by Gasteiger charge is 2.43. The fourth-order valence-electron chi connectivity index (χ4n) is 4.28. The highest BCUT2D eigenvalue weighted by molar-refractivity contribution is 6.02. The lowest BCUT2D eigenvalue weighted by Gasteiger charge is -2.45. The number of nitrogens with two attached hydrogens (primary N) is 1. The summed E-state index contributed by atoms with van der Waals surface area (Å²) in [5.74, 6) is -0.223. The van der Waals surface area contributed by atoms with Crippen molar-refractivity contribution in [3.05, 3.63) is 66.2 Å². The van der Waals surface area contributed by atoms with E-state index in [0.717, 1.165) is 10.8 Å². The van der Waals surface area contributed by atoms with Gasteiger partial charge in [0.15, 0.2) is 11.6 Å². The third-order valence-corrected chi connectivity index (χ3v) is 6.00. The van der Waals surface area contributed by atoms with Crippen LogP contribution in [0, 0.1) is 5.82 Å². The van der Waals surface area contributed by atoms with Crippen molar-refractivity contribution < 1.29 is 13.9 Å². The first-order valence-corrected chi connectivity index (χ1v) is 9.88. The molecule has 2 aromatic carbocycles. The molecule has 5 nitrogen and oxygen atoms in total. The molecule has 2 heterocycles. The van der Waals surface area contributed by atoms with Gasteiger partial charge in [-0.3, -0.25) is 9.88 Å². The number of anilines is 1. The van der Waals surface area contributed by atoms with Gasteiger partial charge in [-0.15, -0.1) is 0 Å². The Labute approximate surface area is 169 Å². The zero-order valence-electron chi connectivity index (χ0n) is 16.6. The van der Waals surface area contributed by atoms with E-state index in [2.05, 4.69) is 4.98 Å². The molecule has 0 saturated carbocycles. The van der Waals surface area contributed by atoms with Crippen LogP contribution in [0.3, 0.4) is 0 Å². The molecule has 3 aromatic rings. The van der Waals surface area contributed by atoms with Gasteiger partial charge in [-0.05, 0) is 36.4 Å². The minimum absolute atomic E-state index is 0.206. The summed E-state index contributed by atoms with van der Waals surface area (Å²) in [6.45, 7) is 4.03. The summed E-state index contributed by atoms with van der Waals surface area (Å²) in [5.41, 5.74) is 6.60. The van der Waals surface area contributed by atoms with Gasteiger partial charge in [0.2, 0.25) is 0 Å². The number of pyridine rings is 1. The molecule has 0 spiro atoms. The predicted molar refractivity (Wildman–Crippen MR) is 112 cm³/mol. The molecule has 2 N–H and O–H groups in total. The molecule has 0 saturated heterocycles. The van der Waals surface area contributed by atoms with Crippen molar-refractivity contribution >= 4 is 22.5 Å². The molecule has 1 aliphatic rings. The number of hydrogen-bond acceptors (Lipinski definition) is 3. The molecule has 150 valence electrons. The average Bonchev–Trinajstić information content (AvgIpc) is 2.74. The van der Waals surface area contributed by atoms with Crippen LogP contribution in [0.25, 0.3) is 10.8 Å². The standard InChI is InChI=1S/C23H24FN3O2/c1-3-23(4-2)13-20(16-8-6-9-18(24)21(16)29-23)27(22(25)28)19-10-5-7-15-11-12-26-14-17(15)19/h5-12,14,20H,3-4,13H2,1-2H3,(H2,25,28)/t20-/m1/s1. The van der Waals surface area contributed by atoms with Gasteiger partial charge in [0.25, 0.3) is 0 Å². The normalized spacial score (nSPS) is 17.4. The topological polar surface area (TPSA) is 68.5 Å². The maximum Gasteiger partial charge on any atom is 0.319 e. The smallest absolute Gasteiger partial charge is 0.319 e. The summed E-state index contributed by atoms with van der Waals surface area (Å²) in [4.78, 5) is 18.5. The lowest BCUT2D eigenvalue weighted by Crippen LogP contribution is -2.48. The molecule has 1 aromatic heterocycles. The van der Waals surface area contributed by atoms with Gasteiger partial charge in [-0.2, -0.15) is 0 Å². The van der Waals surface area contributed by atoms with Gasteiger partial charge < -0.3 is 10.5 Å². The molecule has 0 bridgehead atoms. The highest BCUT2D eigenvalue weighted by atomic mass is 19.1. The Balaban J connectivity index is 1.94. The van der Waals surface area contributed by atoms with Crippen LogP contribution in [-0.2, 0) is 0 Å². The molecule has 0 unspecified atom stereocenters. The van der Waals surface area contributed by atoms with E-state index in [1.165, 1.54) is 6.07 Å². The SMILES string of the molecule is CCC1(CC)C[C@@H](N(C(N)=O)c2cccc3ccncc23)c2cccc(F)c2O1. The van der Waals surface area contributed by atoms with E-state index >= 15 is 0 Å². The quantitative estimate of drug-likeness (QED) is 0.650. The maximum absolute atomic E-state index is 14.7. The first kappa shape index (κ1) is 19.2. The fraction of sp³-hybridized carbons (Fsp3) is 0.304. The molecule has 0 radical (unpaired) electrons. The Hall–Kier alpha value is -3.15. The van der Waals surface area contributed by atoms with Gasteiger partial charge in [-0.1, -0.05) is 38.1 Å². The van der Waals surface area contributed by atoms with Gasteiger partial charge in [0.1, 0.15) is 5.60 Å². The number of para-hydroxylation sites is 1. The summed E-state index contributed by atoms with van der Waals surface area (Å²) < 4.78 is 20.9. The Bertz CT molecular complexity index is 1060. The van der Waals surface area contributed by atoms with E-state index in [1.807, 2.05) is 38.1 Å². The largest absolute Gasteiger partial charge is 0.484 e. The Kier molecular flexibility index (Phi) is 4.86. The highest BCUT2D eigenvalue weighted by Crippen LogP contribution is 2.48. The molecular weight excluding hydrogens is 369 g/mol. The second-order valence-electron chi connectivity index (χ2n) is 7.45. The summed E-state index contributed by atoms with van der Waals surface area (Å²) in [5, 5.41) is 1.77. The van der Waals surface area contributed by atoms with Crippen LogP contribution in [0.4, 0.5) is 14.9 Å². The summed E-state index contributed by atoms with van der Waals surface area (Å²) in [6.07, 6.45) is 5.34. The lowest BCUT2D eigenvalue weighted by molar-refractivity contribution is 0.0237. The number of ether oxygens (including phenoxy) is 1. The molecule has 6 heteroatoms. The third-order valence-electron chi connectivity index (χ3n) is 6.00. The van der Waals surface area contributed by atoms with E-state index in [1.54, 1.807) is 29.4 Å². The molecule has 1 atom stereocenters. The van der Waals surface area contributed by atoms with E-state index < -0.39 is 23.5 Å². The van der Waals surface area contributed by atoms with Gasteiger partial charge in [0, 0.05) is 29.8 Å². The average molecular weight is 393 g/mol. The molecule has 2 amide bonds.